The summed E-state index contributed by atoms with van der Waals surface area (Å²) in [5.74, 6) is 0.0785. The molecule has 0 aliphatic heterocycles. The van der Waals surface area contributed by atoms with Crippen molar-refractivity contribution in [2.75, 3.05) is 5.73 Å². The summed E-state index contributed by atoms with van der Waals surface area (Å²) in [6, 6.07) is 10.9. The largest absolute Gasteiger partial charge is 0.381 e. The van der Waals surface area contributed by atoms with Gasteiger partial charge in [0.05, 0.1) is 11.3 Å². The van der Waals surface area contributed by atoms with E-state index in [1.807, 2.05) is 12.1 Å². The molecule has 2 aromatic rings. The van der Waals surface area contributed by atoms with Crippen LogP contribution >= 0.6 is 11.6 Å². The lowest BCUT2D eigenvalue weighted by Gasteiger charge is -1.97. The number of allylic oxidation sites excluding steroid dienone is 1. The standard InChI is InChI=1S/C13H8ClN5/c14-10-3-1-8(2-4-10)5-9(6-15)12-11(7-16)13(17)19-18-12/h1-5H,(H3,17,18,19). The number of nitriles is 2. The maximum Gasteiger partial charge on any atom is 0.163 e. The van der Waals surface area contributed by atoms with Crippen LogP contribution in [0, 0.1) is 22.7 Å². The number of hydrogen-bond acceptors (Lipinski definition) is 4. The quantitative estimate of drug-likeness (QED) is 0.818. The molecule has 92 valence electrons. The molecule has 1 heterocycles. The summed E-state index contributed by atoms with van der Waals surface area (Å²) in [5.41, 5.74) is 7.09. The van der Waals surface area contributed by atoms with Gasteiger partial charge in [-0.05, 0) is 23.8 Å². The van der Waals surface area contributed by atoms with E-state index >= 15 is 0 Å². The average Bonchev–Trinajstić information content (AvgIpc) is 2.79. The minimum atomic E-state index is 0.0785. The molecule has 0 amide bonds. The van der Waals surface area contributed by atoms with Gasteiger partial charge in [0.25, 0.3) is 0 Å². The number of nitrogens with zero attached hydrogens (tertiary/aromatic N) is 3. The first kappa shape index (κ1) is 12.7. The van der Waals surface area contributed by atoms with Crippen LogP contribution in [0.3, 0.4) is 0 Å². The van der Waals surface area contributed by atoms with Crippen LogP contribution in [0.4, 0.5) is 5.82 Å². The summed E-state index contributed by atoms with van der Waals surface area (Å²) in [6.45, 7) is 0. The van der Waals surface area contributed by atoms with Crippen LogP contribution in [0.5, 0.6) is 0 Å². The molecule has 3 N–H and O–H groups in total. The zero-order valence-electron chi connectivity index (χ0n) is 9.68. The van der Waals surface area contributed by atoms with E-state index in [9.17, 15) is 5.26 Å². The third-order valence-corrected chi connectivity index (χ3v) is 2.73. The Balaban J connectivity index is 2.49. The highest BCUT2D eigenvalue weighted by atomic mass is 35.5. The lowest BCUT2D eigenvalue weighted by Crippen LogP contribution is -1.89. The van der Waals surface area contributed by atoms with E-state index in [-0.39, 0.29) is 17.0 Å². The van der Waals surface area contributed by atoms with Crippen molar-refractivity contribution < 1.29 is 0 Å². The Morgan fingerprint density at radius 3 is 2.58 bits per heavy atom. The molecule has 1 aromatic heterocycles. The van der Waals surface area contributed by atoms with E-state index in [1.54, 1.807) is 30.3 Å². The molecule has 2 rings (SSSR count). The molecule has 5 nitrogen and oxygen atoms in total. The number of hydrogen-bond donors (Lipinski definition) is 2. The summed E-state index contributed by atoms with van der Waals surface area (Å²) in [7, 11) is 0. The molecule has 0 saturated carbocycles. The summed E-state index contributed by atoms with van der Waals surface area (Å²) in [5, 5.41) is 25.1. The second kappa shape index (κ2) is 5.26. The Bertz CT molecular complexity index is 713. The van der Waals surface area contributed by atoms with Gasteiger partial charge in [0.2, 0.25) is 0 Å². The summed E-state index contributed by atoms with van der Waals surface area (Å²) in [4.78, 5) is 0. The molecular formula is C13H8ClN5. The summed E-state index contributed by atoms with van der Waals surface area (Å²) < 4.78 is 0. The number of anilines is 1. The fraction of sp³-hybridized carbons (Fsp3) is 0. The highest BCUT2D eigenvalue weighted by molar-refractivity contribution is 6.30. The first-order valence-corrected chi connectivity index (χ1v) is 5.65. The first-order chi connectivity index (χ1) is 9.15. The van der Waals surface area contributed by atoms with Crippen LogP contribution in [0.2, 0.25) is 5.02 Å². The van der Waals surface area contributed by atoms with Gasteiger partial charge in [-0.1, -0.05) is 23.7 Å². The SMILES string of the molecule is N#CC(=Cc1ccc(Cl)cc1)c1[nH]nc(N)c1C#N. The van der Waals surface area contributed by atoms with Crippen molar-refractivity contribution >= 4 is 29.1 Å². The van der Waals surface area contributed by atoms with Gasteiger partial charge in [0.1, 0.15) is 17.7 Å². The third-order valence-electron chi connectivity index (χ3n) is 2.48. The van der Waals surface area contributed by atoms with E-state index in [0.29, 0.717) is 10.7 Å². The second-order valence-electron chi connectivity index (χ2n) is 3.69. The van der Waals surface area contributed by atoms with Crippen LogP contribution in [0.1, 0.15) is 16.8 Å². The second-order valence-corrected chi connectivity index (χ2v) is 4.13. The zero-order valence-corrected chi connectivity index (χ0v) is 10.4. The number of benzene rings is 1. The molecule has 0 atom stereocenters. The molecule has 0 saturated heterocycles. The number of aromatic amines is 1. The minimum Gasteiger partial charge on any atom is -0.381 e. The summed E-state index contributed by atoms with van der Waals surface area (Å²) in [6.07, 6.45) is 1.63. The van der Waals surface area contributed by atoms with Crippen molar-refractivity contribution in [2.45, 2.75) is 0 Å². The molecule has 0 unspecified atom stereocenters. The number of nitrogens with one attached hydrogen (secondary N) is 1. The maximum atomic E-state index is 9.18. The Kier molecular flexibility index (Phi) is 3.51. The molecular weight excluding hydrogens is 262 g/mol. The Morgan fingerprint density at radius 2 is 2.00 bits per heavy atom. The molecule has 0 fully saturated rings. The van der Waals surface area contributed by atoms with Gasteiger partial charge in [0, 0.05) is 5.02 Å². The summed E-state index contributed by atoms with van der Waals surface area (Å²) >= 11 is 5.79. The van der Waals surface area contributed by atoms with Gasteiger partial charge < -0.3 is 5.73 Å². The lowest BCUT2D eigenvalue weighted by molar-refractivity contribution is 1.08. The molecule has 0 radical (unpaired) electrons. The van der Waals surface area contributed by atoms with Gasteiger partial charge in [-0.2, -0.15) is 15.6 Å². The topological polar surface area (TPSA) is 102 Å². The van der Waals surface area contributed by atoms with Crippen molar-refractivity contribution in [2.24, 2.45) is 0 Å². The van der Waals surface area contributed by atoms with Gasteiger partial charge in [-0.15, -0.1) is 0 Å². The molecule has 1 aromatic carbocycles. The van der Waals surface area contributed by atoms with Crippen LogP contribution in [0.15, 0.2) is 24.3 Å². The molecule has 0 aliphatic carbocycles. The highest BCUT2D eigenvalue weighted by Gasteiger charge is 2.14. The average molecular weight is 270 g/mol. The van der Waals surface area contributed by atoms with Gasteiger partial charge in [-0.3, -0.25) is 5.10 Å². The number of H-pyrrole nitrogens is 1. The van der Waals surface area contributed by atoms with Gasteiger partial charge in [-0.25, -0.2) is 0 Å². The molecule has 0 bridgehead atoms. The van der Waals surface area contributed by atoms with Crippen molar-refractivity contribution in [3.8, 4) is 12.1 Å². The normalized spacial score (nSPS) is 10.8. The smallest absolute Gasteiger partial charge is 0.163 e. The van der Waals surface area contributed by atoms with E-state index < -0.39 is 0 Å². The third kappa shape index (κ3) is 2.57. The number of rotatable bonds is 2. The first-order valence-electron chi connectivity index (χ1n) is 5.27. The fourth-order valence-corrected chi connectivity index (χ4v) is 1.68. The van der Waals surface area contributed by atoms with Crippen molar-refractivity contribution in [1.29, 1.82) is 10.5 Å². The van der Waals surface area contributed by atoms with E-state index in [0.717, 1.165) is 5.56 Å². The number of halogens is 1. The Hall–Kier alpha value is -2.76. The monoisotopic (exact) mass is 269 g/mol. The number of aromatic nitrogens is 2. The van der Waals surface area contributed by atoms with Crippen LogP contribution in [0.25, 0.3) is 11.6 Å². The van der Waals surface area contributed by atoms with Crippen molar-refractivity contribution in [3.05, 3.63) is 46.1 Å². The van der Waals surface area contributed by atoms with Crippen LogP contribution < -0.4 is 5.73 Å². The predicted molar refractivity (Wildman–Crippen MR) is 72.7 cm³/mol. The fourth-order valence-electron chi connectivity index (χ4n) is 1.55. The predicted octanol–water partition coefficient (Wildman–Crippen LogP) is 2.58. The molecule has 6 heteroatoms. The van der Waals surface area contributed by atoms with Crippen LogP contribution in [-0.2, 0) is 0 Å². The number of nitrogen functional groups attached to an aromatic ring is 1. The lowest BCUT2D eigenvalue weighted by atomic mass is 10.1. The van der Waals surface area contributed by atoms with Crippen LogP contribution in [-0.4, -0.2) is 10.2 Å². The van der Waals surface area contributed by atoms with E-state index in [4.69, 9.17) is 22.6 Å². The van der Waals surface area contributed by atoms with E-state index in [1.165, 1.54) is 0 Å². The minimum absolute atomic E-state index is 0.0785. The zero-order chi connectivity index (χ0) is 13.8. The molecule has 0 spiro atoms. The molecule has 19 heavy (non-hydrogen) atoms. The van der Waals surface area contributed by atoms with Gasteiger partial charge >= 0.3 is 0 Å². The van der Waals surface area contributed by atoms with Crippen molar-refractivity contribution in [1.82, 2.24) is 10.2 Å². The Morgan fingerprint density at radius 1 is 1.32 bits per heavy atom. The maximum absolute atomic E-state index is 9.18. The Labute approximate surface area is 114 Å². The highest BCUT2D eigenvalue weighted by Crippen LogP contribution is 2.22. The number of nitrogens with two attached hydrogens (primary N) is 1. The van der Waals surface area contributed by atoms with Crippen molar-refractivity contribution in [3.63, 3.8) is 0 Å². The van der Waals surface area contributed by atoms with Gasteiger partial charge in [0.15, 0.2) is 5.82 Å². The molecule has 0 aliphatic rings. The van der Waals surface area contributed by atoms with E-state index in [2.05, 4.69) is 10.2 Å².